The zero-order valence-electron chi connectivity index (χ0n) is 22.1. The van der Waals surface area contributed by atoms with E-state index in [1.54, 1.807) is 18.3 Å². The molecule has 208 valence electrons. The van der Waals surface area contributed by atoms with Crippen LogP contribution in [0.3, 0.4) is 0 Å². The number of hydrogen-bond acceptors (Lipinski definition) is 10. The summed E-state index contributed by atoms with van der Waals surface area (Å²) in [5, 5.41) is 14.6. The number of thiazole rings is 1. The van der Waals surface area contributed by atoms with Crippen molar-refractivity contribution in [3.63, 3.8) is 0 Å². The predicted octanol–water partition coefficient (Wildman–Crippen LogP) is 4.26. The van der Waals surface area contributed by atoms with Gasteiger partial charge >= 0.3 is 11.8 Å². The largest absolute Gasteiger partial charge is 0.434 e. The zero-order chi connectivity index (χ0) is 28.2. The molecule has 3 N–H and O–H groups in total. The Morgan fingerprint density at radius 1 is 1.05 bits per heavy atom. The monoisotopic (exact) mass is 570 g/mol. The lowest BCUT2D eigenvalue weighted by Gasteiger charge is -2.28. The normalized spacial score (nSPS) is 13.2. The molecule has 0 radical (unpaired) electrons. The number of ether oxygens (including phenoxy) is 1. The molecule has 1 aromatic carbocycles. The minimum atomic E-state index is -0.667. The number of carbonyl (C=O) groups excluding carboxylic acids is 1. The predicted molar refractivity (Wildman–Crippen MR) is 156 cm³/mol. The van der Waals surface area contributed by atoms with E-state index >= 15 is 0 Å². The van der Waals surface area contributed by atoms with Gasteiger partial charge in [-0.2, -0.15) is 0 Å². The van der Waals surface area contributed by atoms with Gasteiger partial charge in [0.25, 0.3) is 5.89 Å². The number of morpholine rings is 1. The van der Waals surface area contributed by atoms with Gasteiger partial charge in [0.15, 0.2) is 0 Å². The Kier molecular flexibility index (Phi) is 7.52. The molecule has 4 aromatic heterocycles. The van der Waals surface area contributed by atoms with E-state index in [2.05, 4.69) is 30.7 Å². The third-order valence-corrected chi connectivity index (χ3v) is 7.28. The van der Waals surface area contributed by atoms with Crippen molar-refractivity contribution in [2.24, 2.45) is 0 Å². The maximum Gasteiger partial charge on any atom is 0.434 e. The molecule has 0 spiro atoms. The molecular formula is C28H26N8O4S. The molecule has 13 heteroatoms. The van der Waals surface area contributed by atoms with Crippen LogP contribution in [-0.4, -0.2) is 64.0 Å². The fraction of sp³-hybridized carbons (Fsp3) is 0.214. The lowest BCUT2D eigenvalue weighted by Crippen LogP contribution is -2.36. The Balaban J connectivity index is 1.49. The summed E-state index contributed by atoms with van der Waals surface area (Å²) in [4.78, 5) is 40.3. The number of rotatable bonds is 7. The van der Waals surface area contributed by atoms with Crippen molar-refractivity contribution < 1.29 is 13.9 Å². The van der Waals surface area contributed by atoms with E-state index in [0.29, 0.717) is 50.2 Å². The van der Waals surface area contributed by atoms with E-state index in [0.717, 1.165) is 33.0 Å². The minimum absolute atomic E-state index is 0.0796. The van der Waals surface area contributed by atoms with Crippen LogP contribution in [0.1, 0.15) is 6.92 Å². The average Bonchev–Trinajstić information content (AvgIpc) is 3.68. The molecule has 41 heavy (non-hydrogen) atoms. The van der Waals surface area contributed by atoms with E-state index in [4.69, 9.17) is 19.1 Å². The highest BCUT2D eigenvalue weighted by atomic mass is 32.1. The summed E-state index contributed by atoms with van der Waals surface area (Å²) in [6.07, 6.45) is 1.70. The molecule has 5 heterocycles. The van der Waals surface area contributed by atoms with E-state index in [-0.39, 0.29) is 11.9 Å². The molecular weight excluding hydrogens is 544 g/mol. The molecule has 0 aliphatic carbocycles. The Morgan fingerprint density at radius 3 is 2.63 bits per heavy atom. The highest BCUT2D eigenvalue weighted by molar-refractivity contribution is 7.13. The second-order valence-corrected chi connectivity index (χ2v) is 9.98. The van der Waals surface area contributed by atoms with Crippen molar-refractivity contribution in [2.45, 2.75) is 6.92 Å². The average molecular weight is 571 g/mol. The first-order valence-electron chi connectivity index (χ1n) is 13.0. The van der Waals surface area contributed by atoms with Gasteiger partial charge in [0.2, 0.25) is 0 Å². The number of aromatic nitrogens is 5. The summed E-state index contributed by atoms with van der Waals surface area (Å²) in [5.41, 5.74) is 4.53. The topological polar surface area (TPSA) is 151 Å². The Labute approximate surface area is 238 Å². The molecule has 1 aliphatic rings. The standard InChI is InChI=1S/C28H26N8O4S/c1-2-29-27(37)33-23-14-19(26-32-22(16-41-26)17-6-4-3-5-7-17)20(15-30-23)18-12-21(25-34-35-28(38)40-25)31-24(13-18)36-8-10-39-11-9-36/h3-7,12-16H,2,8-11H2,1H3,(H,35,38)(H2,29,30,33,37). The van der Waals surface area contributed by atoms with Gasteiger partial charge in [-0.25, -0.2) is 29.6 Å². The van der Waals surface area contributed by atoms with Gasteiger partial charge in [-0.1, -0.05) is 30.3 Å². The van der Waals surface area contributed by atoms with Gasteiger partial charge in [0, 0.05) is 47.9 Å². The van der Waals surface area contributed by atoms with Crippen LogP contribution in [0.2, 0.25) is 0 Å². The van der Waals surface area contributed by atoms with Crippen LogP contribution in [0.15, 0.2) is 69.3 Å². The first-order valence-corrected chi connectivity index (χ1v) is 13.9. The third kappa shape index (κ3) is 5.85. The van der Waals surface area contributed by atoms with Crippen molar-refractivity contribution >= 4 is 29.0 Å². The maximum atomic E-state index is 12.3. The molecule has 6 rings (SSSR count). The smallest absolute Gasteiger partial charge is 0.386 e. The zero-order valence-corrected chi connectivity index (χ0v) is 22.9. The van der Waals surface area contributed by atoms with Crippen LogP contribution in [0.25, 0.3) is 44.5 Å². The number of hydrogen-bond donors (Lipinski definition) is 3. The fourth-order valence-corrected chi connectivity index (χ4v) is 5.32. The molecule has 1 fully saturated rings. The highest BCUT2D eigenvalue weighted by Crippen LogP contribution is 2.38. The molecule has 0 unspecified atom stereocenters. The summed E-state index contributed by atoms with van der Waals surface area (Å²) < 4.78 is 10.8. The SMILES string of the molecule is CCNC(=O)Nc1cc(-c2nc(-c3ccccc3)cs2)c(-c2cc(-c3n[nH]c(=O)o3)nc(N3CCOCC3)c2)cn1. The molecule has 0 atom stereocenters. The van der Waals surface area contributed by atoms with Gasteiger partial charge in [0.05, 0.1) is 18.9 Å². The van der Waals surface area contributed by atoms with Gasteiger partial charge in [-0.05, 0) is 30.7 Å². The Hall–Kier alpha value is -4.88. The number of urea groups is 1. The first-order chi connectivity index (χ1) is 20.1. The lowest BCUT2D eigenvalue weighted by atomic mass is 10.0. The number of pyridine rings is 2. The van der Waals surface area contributed by atoms with Crippen molar-refractivity contribution in [2.75, 3.05) is 43.1 Å². The number of aromatic amines is 1. The number of nitrogens with one attached hydrogen (secondary N) is 3. The summed E-state index contributed by atoms with van der Waals surface area (Å²) >= 11 is 1.49. The molecule has 1 saturated heterocycles. The summed E-state index contributed by atoms with van der Waals surface area (Å²) in [6.45, 7) is 4.80. The second kappa shape index (κ2) is 11.7. The van der Waals surface area contributed by atoms with Crippen molar-refractivity contribution in [3.8, 4) is 44.5 Å². The van der Waals surface area contributed by atoms with E-state index in [9.17, 15) is 9.59 Å². The first kappa shape index (κ1) is 26.3. The van der Waals surface area contributed by atoms with Gasteiger partial charge in [0.1, 0.15) is 22.3 Å². The van der Waals surface area contributed by atoms with Crippen LogP contribution in [0, 0.1) is 0 Å². The molecule has 5 aromatic rings. The minimum Gasteiger partial charge on any atom is -0.386 e. The maximum absolute atomic E-state index is 12.3. The molecule has 0 bridgehead atoms. The van der Waals surface area contributed by atoms with Crippen LogP contribution < -0.4 is 21.3 Å². The van der Waals surface area contributed by atoms with Crippen LogP contribution in [-0.2, 0) is 4.74 Å². The van der Waals surface area contributed by atoms with E-state index in [1.165, 1.54) is 11.3 Å². The van der Waals surface area contributed by atoms with E-state index < -0.39 is 5.76 Å². The second-order valence-electron chi connectivity index (χ2n) is 9.12. The number of carbonyl (C=O) groups is 1. The lowest BCUT2D eigenvalue weighted by molar-refractivity contribution is 0.122. The van der Waals surface area contributed by atoms with Crippen molar-refractivity contribution in [1.29, 1.82) is 0 Å². The van der Waals surface area contributed by atoms with Gasteiger partial charge in [-0.15, -0.1) is 16.4 Å². The number of benzene rings is 1. The van der Waals surface area contributed by atoms with Crippen LogP contribution in [0.4, 0.5) is 16.4 Å². The van der Waals surface area contributed by atoms with Gasteiger partial charge < -0.3 is 19.4 Å². The molecule has 2 amide bonds. The Bertz CT molecular complexity index is 1730. The summed E-state index contributed by atoms with van der Waals surface area (Å²) in [5.74, 6) is 0.480. The summed E-state index contributed by atoms with van der Waals surface area (Å²) in [7, 11) is 0. The van der Waals surface area contributed by atoms with Crippen LogP contribution >= 0.6 is 11.3 Å². The number of anilines is 2. The highest BCUT2D eigenvalue weighted by Gasteiger charge is 2.21. The fourth-order valence-electron chi connectivity index (χ4n) is 4.47. The Morgan fingerprint density at radius 2 is 1.88 bits per heavy atom. The number of amides is 2. The van der Waals surface area contributed by atoms with Crippen molar-refractivity contribution in [1.82, 2.24) is 30.5 Å². The number of nitrogens with zero attached hydrogens (tertiary/aromatic N) is 5. The third-order valence-electron chi connectivity index (χ3n) is 6.40. The molecule has 12 nitrogen and oxygen atoms in total. The number of H-pyrrole nitrogens is 1. The van der Waals surface area contributed by atoms with Gasteiger partial charge in [-0.3, -0.25) is 5.32 Å². The van der Waals surface area contributed by atoms with E-state index in [1.807, 2.05) is 48.7 Å². The summed E-state index contributed by atoms with van der Waals surface area (Å²) in [6, 6.07) is 15.1. The van der Waals surface area contributed by atoms with Crippen molar-refractivity contribution in [3.05, 3.63) is 70.7 Å². The van der Waals surface area contributed by atoms with Crippen LogP contribution in [0.5, 0.6) is 0 Å². The quantitative estimate of drug-likeness (QED) is 0.261. The molecule has 0 saturated carbocycles. The molecule has 1 aliphatic heterocycles.